The SMILES string of the molecule is COc1ccc(-c2cnc(SCc3cccc(CCl)c3)[nH]2)cc1. The van der Waals surface area contributed by atoms with Crippen molar-refractivity contribution in [1.29, 1.82) is 0 Å². The van der Waals surface area contributed by atoms with Crippen molar-refractivity contribution in [3.05, 3.63) is 65.9 Å². The van der Waals surface area contributed by atoms with E-state index in [1.807, 2.05) is 42.6 Å². The summed E-state index contributed by atoms with van der Waals surface area (Å²) in [5.74, 6) is 2.25. The highest BCUT2D eigenvalue weighted by Crippen LogP contribution is 2.25. The zero-order chi connectivity index (χ0) is 16.1. The van der Waals surface area contributed by atoms with Crippen LogP contribution in [0.15, 0.2) is 59.9 Å². The summed E-state index contributed by atoms with van der Waals surface area (Å²) in [6.07, 6.45) is 1.86. The number of benzene rings is 2. The molecule has 0 atom stereocenters. The van der Waals surface area contributed by atoms with E-state index in [1.54, 1.807) is 18.9 Å². The molecular weight excluding hydrogens is 328 g/mol. The average Bonchev–Trinajstić information content (AvgIpc) is 3.09. The molecule has 0 aliphatic heterocycles. The Morgan fingerprint density at radius 2 is 1.91 bits per heavy atom. The lowest BCUT2D eigenvalue weighted by atomic mass is 10.2. The fourth-order valence-electron chi connectivity index (χ4n) is 2.25. The van der Waals surface area contributed by atoms with Crippen LogP contribution in [0.4, 0.5) is 0 Å². The molecule has 1 aromatic heterocycles. The van der Waals surface area contributed by atoms with Gasteiger partial charge in [0.1, 0.15) is 5.75 Å². The van der Waals surface area contributed by atoms with Gasteiger partial charge in [-0.05, 0) is 41.0 Å². The molecule has 3 aromatic rings. The average molecular weight is 345 g/mol. The molecule has 0 bridgehead atoms. The maximum absolute atomic E-state index is 5.87. The molecule has 0 fully saturated rings. The first-order valence-corrected chi connectivity index (χ1v) is 8.76. The highest BCUT2D eigenvalue weighted by Gasteiger charge is 2.05. The molecule has 2 aromatic carbocycles. The van der Waals surface area contributed by atoms with Crippen LogP contribution in [0.1, 0.15) is 11.1 Å². The first kappa shape index (κ1) is 16.0. The molecule has 118 valence electrons. The van der Waals surface area contributed by atoms with Crippen LogP contribution in [-0.4, -0.2) is 17.1 Å². The number of imidazole rings is 1. The Hall–Kier alpha value is -1.91. The van der Waals surface area contributed by atoms with Crippen LogP contribution in [0, 0.1) is 0 Å². The van der Waals surface area contributed by atoms with E-state index >= 15 is 0 Å². The number of ether oxygens (including phenoxy) is 1. The summed E-state index contributed by atoms with van der Waals surface area (Å²) in [4.78, 5) is 7.79. The number of H-pyrrole nitrogens is 1. The van der Waals surface area contributed by atoms with Gasteiger partial charge >= 0.3 is 0 Å². The van der Waals surface area contributed by atoms with Crippen LogP contribution >= 0.6 is 23.4 Å². The van der Waals surface area contributed by atoms with E-state index in [0.29, 0.717) is 5.88 Å². The molecule has 3 nitrogen and oxygen atoms in total. The van der Waals surface area contributed by atoms with Crippen molar-refractivity contribution in [3.63, 3.8) is 0 Å². The first-order valence-electron chi connectivity index (χ1n) is 7.24. The van der Waals surface area contributed by atoms with Crippen LogP contribution in [-0.2, 0) is 11.6 Å². The lowest BCUT2D eigenvalue weighted by molar-refractivity contribution is 0.415. The molecule has 0 aliphatic carbocycles. The van der Waals surface area contributed by atoms with Crippen LogP contribution < -0.4 is 4.74 Å². The standard InChI is InChI=1S/C18H17ClN2OS/c1-22-16-7-5-15(6-8-16)17-11-20-18(21-17)23-12-14-4-2-3-13(9-14)10-19/h2-9,11H,10,12H2,1H3,(H,20,21). The van der Waals surface area contributed by atoms with Gasteiger partial charge < -0.3 is 9.72 Å². The minimum Gasteiger partial charge on any atom is -0.497 e. The Balaban J connectivity index is 1.66. The van der Waals surface area contributed by atoms with Crippen molar-refractivity contribution in [2.45, 2.75) is 16.8 Å². The van der Waals surface area contributed by atoms with Gasteiger partial charge in [-0.25, -0.2) is 4.98 Å². The first-order chi connectivity index (χ1) is 11.3. The van der Waals surface area contributed by atoms with E-state index in [4.69, 9.17) is 16.3 Å². The topological polar surface area (TPSA) is 37.9 Å². The molecule has 3 rings (SSSR count). The van der Waals surface area contributed by atoms with Crippen LogP contribution in [0.3, 0.4) is 0 Å². The number of hydrogen-bond acceptors (Lipinski definition) is 3. The minimum absolute atomic E-state index is 0.543. The van der Waals surface area contributed by atoms with Gasteiger partial charge in [0.25, 0.3) is 0 Å². The van der Waals surface area contributed by atoms with E-state index in [2.05, 4.69) is 22.1 Å². The Bertz CT molecular complexity index is 771. The second-order valence-electron chi connectivity index (χ2n) is 5.07. The number of alkyl halides is 1. The van der Waals surface area contributed by atoms with Gasteiger partial charge in [-0.15, -0.1) is 11.6 Å². The third kappa shape index (κ3) is 4.09. The fourth-order valence-corrected chi connectivity index (χ4v) is 3.21. The largest absolute Gasteiger partial charge is 0.497 e. The van der Waals surface area contributed by atoms with E-state index in [-0.39, 0.29) is 0 Å². The Labute approximate surface area is 145 Å². The number of aromatic nitrogens is 2. The number of rotatable bonds is 6. The quantitative estimate of drug-likeness (QED) is 0.498. The summed E-state index contributed by atoms with van der Waals surface area (Å²) in [6, 6.07) is 16.2. The zero-order valence-electron chi connectivity index (χ0n) is 12.8. The van der Waals surface area contributed by atoms with Gasteiger partial charge in [0.15, 0.2) is 5.16 Å². The summed E-state index contributed by atoms with van der Waals surface area (Å²) in [7, 11) is 1.67. The Kier molecular flexibility index (Phi) is 5.26. The Morgan fingerprint density at radius 1 is 1.13 bits per heavy atom. The normalized spacial score (nSPS) is 10.7. The molecule has 0 spiro atoms. The monoisotopic (exact) mass is 344 g/mol. The van der Waals surface area contributed by atoms with Crippen molar-refractivity contribution >= 4 is 23.4 Å². The molecular formula is C18H17ClN2OS. The second kappa shape index (κ2) is 7.57. The molecule has 1 heterocycles. The lowest BCUT2D eigenvalue weighted by Crippen LogP contribution is -1.85. The predicted molar refractivity (Wildman–Crippen MR) is 96.1 cm³/mol. The van der Waals surface area contributed by atoms with Crippen molar-refractivity contribution in [2.75, 3.05) is 7.11 Å². The second-order valence-corrected chi connectivity index (χ2v) is 6.30. The zero-order valence-corrected chi connectivity index (χ0v) is 14.3. The van der Waals surface area contributed by atoms with Crippen molar-refractivity contribution < 1.29 is 4.74 Å². The molecule has 0 aliphatic rings. The molecule has 0 radical (unpaired) electrons. The van der Waals surface area contributed by atoms with Gasteiger partial charge in [0, 0.05) is 11.6 Å². The highest BCUT2D eigenvalue weighted by molar-refractivity contribution is 7.98. The number of thioether (sulfide) groups is 1. The van der Waals surface area contributed by atoms with Gasteiger partial charge in [0.05, 0.1) is 19.0 Å². The number of methoxy groups -OCH3 is 1. The number of aromatic amines is 1. The maximum atomic E-state index is 5.87. The number of nitrogens with zero attached hydrogens (tertiary/aromatic N) is 1. The Morgan fingerprint density at radius 3 is 2.65 bits per heavy atom. The third-order valence-corrected chi connectivity index (χ3v) is 4.74. The summed E-state index contributed by atoms with van der Waals surface area (Å²) in [6.45, 7) is 0. The maximum Gasteiger partial charge on any atom is 0.166 e. The highest BCUT2D eigenvalue weighted by atomic mass is 35.5. The molecule has 0 amide bonds. The van der Waals surface area contributed by atoms with Crippen LogP contribution in [0.2, 0.25) is 0 Å². The van der Waals surface area contributed by atoms with Crippen molar-refractivity contribution in [3.8, 4) is 17.0 Å². The van der Waals surface area contributed by atoms with E-state index in [1.165, 1.54) is 5.56 Å². The lowest BCUT2D eigenvalue weighted by Gasteiger charge is -2.02. The van der Waals surface area contributed by atoms with Crippen LogP contribution in [0.5, 0.6) is 5.75 Å². The third-order valence-electron chi connectivity index (χ3n) is 3.47. The molecule has 1 N–H and O–H groups in total. The predicted octanol–water partition coefficient (Wildman–Crippen LogP) is 5.12. The van der Waals surface area contributed by atoms with Crippen molar-refractivity contribution in [2.24, 2.45) is 0 Å². The summed E-state index contributed by atoms with van der Waals surface area (Å²) in [5.41, 5.74) is 4.48. The van der Waals surface area contributed by atoms with Gasteiger partial charge in [-0.2, -0.15) is 0 Å². The molecule has 0 saturated heterocycles. The number of nitrogens with one attached hydrogen (secondary N) is 1. The molecule has 0 saturated carbocycles. The van der Waals surface area contributed by atoms with Gasteiger partial charge in [0.2, 0.25) is 0 Å². The van der Waals surface area contributed by atoms with Crippen molar-refractivity contribution in [1.82, 2.24) is 9.97 Å². The van der Waals surface area contributed by atoms with Gasteiger partial charge in [-0.1, -0.05) is 36.0 Å². The summed E-state index contributed by atoms with van der Waals surface area (Å²) >= 11 is 7.56. The number of hydrogen-bond donors (Lipinski definition) is 1. The molecule has 23 heavy (non-hydrogen) atoms. The fraction of sp³-hybridized carbons (Fsp3) is 0.167. The van der Waals surface area contributed by atoms with E-state index in [0.717, 1.165) is 33.5 Å². The minimum atomic E-state index is 0.543. The van der Waals surface area contributed by atoms with E-state index in [9.17, 15) is 0 Å². The van der Waals surface area contributed by atoms with E-state index < -0.39 is 0 Å². The summed E-state index contributed by atoms with van der Waals surface area (Å²) < 4.78 is 5.18. The molecule has 0 unspecified atom stereocenters. The molecule has 5 heteroatoms. The van der Waals surface area contributed by atoms with Crippen LogP contribution in [0.25, 0.3) is 11.3 Å². The smallest absolute Gasteiger partial charge is 0.166 e. The number of halogens is 1. The summed E-state index contributed by atoms with van der Waals surface area (Å²) in [5, 5.41) is 0.909. The van der Waals surface area contributed by atoms with Gasteiger partial charge in [-0.3, -0.25) is 0 Å².